The number of hydrogen-bond acceptors (Lipinski definition) is 4. The van der Waals surface area contributed by atoms with Gasteiger partial charge < -0.3 is 0 Å². The highest BCUT2D eigenvalue weighted by Gasteiger charge is 2.16. The number of nitrogens with zero attached hydrogens (tertiary/aromatic N) is 2. The molecule has 0 radical (unpaired) electrons. The summed E-state index contributed by atoms with van der Waals surface area (Å²) in [5, 5.41) is 2.54. The molecule has 28 heavy (non-hydrogen) atoms. The van der Waals surface area contributed by atoms with Crippen LogP contribution in [-0.2, 0) is 22.3 Å². The molecular weight excluding hydrogens is 482 g/mol. The van der Waals surface area contributed by atoms with Gasteiger partial charge in [-0.05, 0) is 35.4 Å². The molecule has 0 unspecified atom stereocenters. The van der Waals surface area contributed by atoms with E-state index in [0.29, 0.717) is 10.6 Å². The van der Waals surface area contributed by atoms with Gasteiger partial charge in [-0.15, -0.1) is 11.3 Å². The lowest BCUT2D eigenvalue weighted by molar-refractivity contribution is 0.579. The Morgan fingerprint density at radius 1 is 1.18 bits per heavy atom. The Kier molecular flexibility index (Phi) is 5.57. The predicted molar refractivity (Wildman–Crippen MR) is 117 cm³/mol. The summed E-state index contributed by atoms with van der Waals surface area (Å²) in [6.45, 7) is 0.157. The highest BCUT2D eigenvalue weighted by Crippen LogP contribution is 2.28. The SMILES string of the molecule is O=S(=O)(Cc1cccc(Cl)c1)NCc1cnc2scc(-c3ccc(Br)cc3)n12. The molecule has 4 aromatic rings. The first kappa shape index (κ1) is 19.6. The number of benzene rings is 2. The normalized spacial score (nSPS) is 11.9. The standard InChI is InChI=1S/C19H15BrClN3O2S2/c20-15-6-4-14(5-7-15)18-11-27-19-22-9-17(24(18)19)10-23-28(25,26)12-13-2-1-3-16(21)8-13/h1-9,11,23H,10,12H2. The molecule has 0 fully saturated rings. The lowest BCUT2D eigenvalue weighted by Crippen LogP contribution is -2.25. The lowest BCUT2D eigenvalue weighted by Gasteiger charge is -2.08. The highest BCUT2D eigenvalue weighted by molar-refractivity contribution is 9.10. The Bertz CT molecular complexity index is 1230. The zero-order valence-corrected chi connectivity index (χ0v) is 18.4. The van der Waals surface area contributed by atoms with Crippen LogP contribution in [0.1, 0.15) is 11.3 Å². The van der Waals surface area contributed by atoms with Crippen molar-refractivity contribution in [3.05, 3.63) is 80.9 Å². The minimum atomic E-state index is -3.51. The van der Waals surface area contributed by atoms with Gasteiger partial charge in [0.2, 0.25) is 10.0 Å². The summed E-state index contributed by atoms with van der Waals surface area (Å²) in [7, 11) is -3.51. The molecular formula is C19H15BrClN3O2S2. The van der Waals surface area contributed by atoms with E-state index >= 15 is 0 Å². The Labute approximate surface area is 180 Å². The summed E-state index contributed by atoms with van der Waals surface area (Å²) >= 11 is 10.9. The molecule has 0 saturated carbocycles. The van der Waals surface area contributed by atoms with Crippen molar-refractivity contribution < 1.29 is 8.42 Å². The molecule has 2 aromatic heterocycles. The molecule has 0 amide bonds. The Balaban J connectivity index is 1.57. The van der Waals surface area contributed by atoms with Gasteiger partial charge in [-0.25, -0.2) is 18.1 Å². The van der Waals surface area contributed by atoms with Crippen molar-refractivity contribution in [1.29, 1.82) is 0 Å². The van der Waals surface area contributed by atoms with E-state index in [0.717, 1.165) is 26.4 Å². The third-order valence-electron chi connectivity index (χ3n) is 4.18. The van der Waals surface area contributed by atoms with Crippen LogP contribution in [0.15, 0.2) is 64.6 Å². The van der Waals surface area contributed by atoms with Gasteiger partial charge in [-0.1, -0.05) is 51.8 Å². The van der Waals surface area contributed by atoms with E-state index < -0.39 is 10.0 Å². The van der Waals surface area contributed by atoms with E-state index in [1.54, 1.807) is 30.5 Å². The Hall–Kier alpha value is -1.71. The van der Waals surface area contributed by atoms with Gasteiger partial charge in [0, 0.05) is 14.9 Å². The van der Waals surface area contributed by atoms with Crippen molar-refractivity contribution in [2.75, 3.05) is 0 Å². The third kappa shape index (κ3) is 4.31. The minimum Gasteiger partial charge on any atom is -0.286 e. The smallest absolute Gasteiger partial charge is 0.216 e. The zero-order chi connectivity index (χ0) is 19.7. The van der Waals surface area contributed by atoms with Crippen molar-refractivity contribution in [3.63, 3.8) is 0 Å². The van der Waals surface area contributed by atoms with Gasteiger partial charge in [0.25, 0.3) is 0 Å². The summed E-state index contributed by atoms with van der Waals surface area (Å²) < 4.78 is 30.6. The number of imidazole rings is 1. The summed E-state index contributed by atoms with van der Waals surface area (Å²) in [5.41, 5.74) is 3.44. The third-order valence-corrected chi connectivity index (χ3v) is 7.08. The van der Waals surface area contributed by atoms with E-state index in [1.807, 2.05) is 34.0 Å². The van der Waals surface area contributed by atoms with Crippen LogP contribution in [0, 0.1) is 0 Å². The van der Waals surface area contributed by atoms with Gasteiger partial charge in [-0.2, -0.15) is 0 Å². The van der Waals surface area contributed by atoms with Gasteiger partial charge in [0.1, 0.15) is 0 Å². The van der Waals surface area contributed by atoms with Crippen LogP contribution in [0.25, 0.3) is 16.2 Å². The maximum Gasteiger partial charge on any atom is 0.216 e. The second-order valence-corrected chi connectivity index (χ2v) is 10.2. The minimum absolute atomic E-state index is 0.126. The van der Waals surface area contributed by atoms with Crippen molar-refractivity contribution in [2.24, 2.45) is 0 Å². The van der Waals surface area contributed by atoms with Crippen molar-refractivity contribution >= 4 is 53.9 Å². The molecule has 0 spiro atoms. The van der Waals surface area contributed by atoms with Gasteiger partial charge in [0.05, 0.1) is 29.9 Å². The van der Waals surface area contributed by atoms with E-state index in [4.69, 9.17) is 11.6 Å². The second-order valence-electron chi connectivity index (χ2n) is 6.21. The Morgan fingerprint density at radius 3 is 2.71 bits per heavy atom. The maximum absolute atomic E-state index is 12.5. The first-order valence-corrected chi connectivity index (χ1v) is 12.0. The average molecular weight is 497 g/mol. The first-order valence-electron chi connectivity index (χ1n) is 8.33. The fraction of sp³-hybridized carbons (Fsp3) is 0.105. The summed E-state index contributed by atoms with van der Waals surface area (Å²) in [5.74, 6) is -0.126. The number of nitrogens with one attached hydrogen (secondary N) is 1. The Morgan fingerprint density at radius 2 is 1.96 bits per heavy atom. The molecule has 0 saturated heterocycles. The number of hydrogen-bond donors (Lipinski definition) is 1. The van der Waals surface area contributed by atoms with Crippen molar-refractivity contribution in [1.82, 2.24) is 14.1 Å². The summed E-state index contributed by atoms with van der Waals surface area (Å²) in [4.78, 5) is 5.22. The summed E-state index contributed by atoms with van der Waals surface area (Å²) in [6, 6.07) is 14.8. The number of fused-ring (bicyclic) bond motifs is 1. The zero-order valence-electron chi connectivity index (χ0n) is 14.5. The van der Waals surface area contributed by atoms with Crippen molar-refractivity contribution in [3.8, 4) is 11.3 Å². The molecule has 0 aliphatic rings. The molecule has 9 heteroatoms. The molecule has 0 bridgehead atoms. The van der Waals surface area contributed by atoms with E-state index in [9.17, 15) is 8.42 Å². The van der Waals surface area contributed by atoms with Crippen LogP contribution in [0.5, 0.6) is 0 Å². The molecule has 1 N–H and O–H groups in total. The quantitative estimate of drug-likeness (QED) is 0.404. The molecule has 0 atom stereocenters. The second kappa shape index (κ2) is 7.96. The molecule has 144 valence electrons. The van der Waals surface area contributed by atoms with Crippen LogP contribution in [0.4, 0.5) is 0 Å². The van der Waals surface area contributed by atoms with E-state index in [-0.39, 0.29) is 12.3 Å². The molecule has 2 aromatic carbocycles. The predicted octanol–water partition coefficient (Wildman–Crippen LogP) is 5.10. The summed E-state index contributed by atoms with van der Waals surface area (Å²) in [6.07, 6.45) is 1.70. The van der Waals surface area contributed by atoms with Crippen molar-refractivity contribution in [2.45, 2.75) is 12.3 Å². The topological polar surface area (TPSA) is 63.5 Å². The monoisotopic (exact) mass is 495 g/mol. The van der Waals surface area contributed by atoms with Gasteiger partial charge in [0.15, 0.2) is 4.96 Å². The molecule has 5 nitrogen and oxygen atoms in total. The van der Waals surface area contributed by atoms with Crippen LogP contribution < -0.4 is 4.72 Å². The average Bonchev–Trinajstić information content (AvgIpc) is 3.23. The number of thiazole rings is 1. The maximum atomic E-state index is 12.5. The van der Waals surface area contributed by atoms with E-state index in [2.05, 4.69) is 25.6 Å². The van der Waals surface area contributed by atoms with Crippen LogP contribution in [-0.4, -0.2) is 17.8 Å². The fourth-order valence-corrected chi connectivity index (χ4v) is 5.35. The number of sulfonamides is 1. The molecule has 0 aliphatic heterocycles. The molecule has 0 aliphatic carbocycles. The highest BCUT2D eigenvalue weighted by atomic mass is 79.9. The largest absolute Gasteiger partial charge is 0.286 e. The fourth-order valence-electron chi connectivity index (χ4n) is 2.89. The lowest BCUT2D eigenvalue weighted by atomic mass is 10.2. The van der Waals surface area contributed by atoms with E-state index in [1.165, 1.54) is 11.3 Å². The number of rotatable bonds is 6. The van der Waals surface area contributed by atoms with Crippen LogP contribution in [0.3, 0.4) is 0 Å². The van der Waals surface area contributed by atoms with Gasteiger partial charge >= 0.3 is 0 Å². The van der Waals surface area contributed by atoms with Crippen LogP contribution >= 0.6 is 38.9 Å². The van der Waals surface area contributed by atoms with Gasteiger partial charge in [-0.3, -0.25) is 4.40 Å². The first-order chi connectivity index (χ1) is 13.4. The van der Waals surface area contributed by atoms with Crippen LogP contribution in [0.2, 0.25) is 5.02 Å². The molecule has 2 heterocycles. The molecule has 4 rings (SSSR count). The number of aromatic nitrogens is 2. The number of halogens is 2.